The normalized spacial score (nSPS) is 23.5. The lowest BCUT2D eigenvalue weighted by Crippen LogP contribution is -2.34. The molecule has 1 aliphatic heterocycles. The molecule has 0 aromatic carbocycles. The van der Waals surface area contributed by atoms with Crippen molar-refractivity contribution in [2.24, 2.45) is 0 Å². The molecule has 1 fully saturated rings. The number of aliphatic hydroxyl groups is 1. The zero-order chi connectivity index (χ0) is 12.3. The van der Waals surface area contributed by atoms with Crippen LogP contribution in [0.15, 0.2) is 6.20 Å². The van der Waals surface area contributed by atoms with Crippen molar-refractivity contribution >= 4 is 16.5 Å². The molecule has 1 N–H and O–H groups in total. The van der Waals surface area contributed by atoms with Crippen LogP contribution >= 0.6 is 11.3 Å². The second kappa shape index (κ2) is 5.83. The molecule has 0 aliphatic carbocycles. The highest BCUT2D eigenvalue weighted by Gasteiger charge is 2.22. The topological polar surface area (TPSA) is 36.4 Å². The number of thiazole rings is 1. The molecule has 1 aromatic rings. The van der Waals surface area contributed by atoms with Gasteiger partial charge in [-0.15, -0.1) is 0 Å². The van der Waals surface area contributed by atoms with Crippen LogP contribution in [0.4, 0.5) is 5.13 Å². The number of hydrogen-bond donors (Lipinski definition) is 1. The lowest BCUT2D eigenvalue weighted by molar-refractivity contribution is 0.203. The van der Waals surface area contributed by atoms with E-state index >= 15 is 0 Å². The first-order valence-corrected chi connectivity index (χ1v) is 7.44. The van der Waals surface area contributed by atoms with Gasteiger partial charge in [-0.25, -0.2) is 4.98 Å². The molecule has 1 aliphatic rings. The minimum absolute atomic E-state index is 0.395. The van der Waals surface area contributed by atoms with Gasteiger partial charge in [-0.3, -0.25) is 0 Å². The fourth-order valence-corrected chi connectivity index (χ4v) is 3.41. The Kier molecular flexibility index (Phi) is 4.40. The first kappa shape index (κ1) is 12.8. The van der Waals surface area contributed by atoms with Crippen molar-refractivity contribution in [2.45, 2.75) is 58.1 Å². The molecular weight excluding hydrogens is 232 g/mol. The Labute approximate surface area is 107 Å². The SMILES string of the molecule is CCC1CCCCCN1c1ncc(C(C)O)s1. The van der Waals surface area contributed by atoms with Crippen LogP contribution < -0.4 is 4.90 Å². The van der Waals surface area contributed by atoms with Crippen LogP contribution in [0.2, 0.25) is 0 Å². The van der Waals surface area contributed by atoms with E-state index in [-0.39, 0.29) is 0 Å². The predicted octanol–water partition coefficient (Wildman–Crippen LogP) is 3.36. The zero-order valence-electron chi connectivity index (χ0n) is 10.7. The van der Waals surface area contributed by atoms with Gasteiger partial charge in [0, 0.05) is 18.8 Å². The fraction of sp³-hybridized carbons (Fsp3) is 0.769. The third kappa shape index (κ3) is 2.99. The Morgan fingerprint density at radius 2 is 2.35 bits per heavy atom. The highest BCUT2D eigenvalue weighted by atomic mass is 32.1. The molecule has 4 heteroatoms. The van der Waals surface area contributed by atoms with Crippen LogP contribution in [0.5, 0.6) is 0 Å². The quantitative estimate of drug-likeness (QED) is 0.898. The summed E-state index contributed by atoms with van der Waals surface area (Å²) < 4.78 is 0. The van der Waals surface area contributed by atoms with Crippen molar-refractivity contribution < 1.29 is 5.11 Å². The molecule has 2 heterocycles. The van der Waals surface area contributed by atoms with E-state index in [1.807, 2.05) is 6.20 Å². The molecule has 17 heavy (non-hydrogen) atoms. The predicted molar refractivity (Wildman–Crippen MR) is 72.6 cm³/mol. The molecule has 0 bridgehead atoms. The fourth-order valence-electron chi connectivity index (χ4n) is 2.46. The van der Waals surface area contributed by atoms with E-state index in [2.05, 4.69) is 16.8 Å². The summed E-state index contributed by atoms with van der Waals surface area (Å²) in [6.07, 6.45) is 7.82. The molecule has 1 aromatic heterocycles. The summed E-state index contributed by atoms with van der Waals surface area (Å²) in [6, 6.07) is 0.630. The third-order valence-electron chi connectivity index (χ3n) is 3.52. The summed E-state index contributed by atoms with van der Waals surface area (Å²) in [6.45, 7) is 5.18. The first-order chi connectivity index (χ1) is 8.22. The number of rotatable bonds is 3. The molecule has 0 amide bonds. The van der Waals surface area contributed by atoms with E-state index in [0.717, 1.165) is 16.6 Å². The molecule has 0 radical (unpaired) electrons. The summed E-state index contributed by atoms with van der Waals surface area (Å²) in [5, 5.41) is 10.7. The molecule has 3 nitrogen and oxygen atoms in total. The minimum atomic E-state index is -0.395. The Morgan fingerprint density at radius 1 is 1.53 bits per heavy atom. The Hall–Kier alpha value is -0.610. The van der Waals surface area contributed by atoms with Gasteiger partial charge in [-0.2, -0.15) is 0 Å². The monoisotopic (exact) mass is 254 g/mol. The molecule has 1 saturated heterocycles. The van der Waals surface area contributed by atoms with E-state index in [1.54, 1.807) is 18.3 Å². The van der Waals surface area contributed by atoms with Gasteiger partial charge in [-0.1, -0.05) is 31.1 Å². The van der Waals surface area contributed by atoms with Crippen LogP contribution in [-0.4, -0.2) is 22.7 Å². The van der Waals surface area contributed by atoms with E-state index in [4.69, 9.17) is 0 Å². The number of hydrogen-bond acceptors (Lipinski definition) is 4. The molecule has 2 rings (SSSR count). The summed E-state index contributed by atoms with van der Waals surface area (Å²) in [4.78, 5) is 7.90. The van der Waals surface area contributed by atoms with Gasteiger partial charge in [0.1, 0.15) is 0 Å². The summed E-state index contributed by atoms with van der Waals surface area (Å²) in [5.74, 6) is 0. The number of aromatic nitrogens is 1. The lowest BCUT2D eigenvalue weighted by Gasteiger charge is -2.28. The van der Waals surface area contributed by atoms with Gasteiger partial charge >= 0.3 is 0 Å². The van der Waals surface area contributed by atoms with Gasteiger partial charge in [0.15, 0.2) is 5.13 Å². The third-order valence-corrected chi connectivity index (χ3v) is 4.72. The molecule has 2 unspecified atom stereocenters. The maximum Gasteiger partial charge on any atom is 0.185 e. The maximum absolute atomic E-state index is 9.57. The second-order valence-electron chi connectivity index (χ2n) is 4.83. The maximum atomic E-state index is 9.57. The number of aliphatic hydroxyl groups excluding tert-OH is 1. The van der Waals surface area contributed by atoms with Gasteiger partial charge < -0.3 is 10.0 Å². The minimum Gasteiger partial charge on any atom is -0.388 e. The largest absolute Gasteiger partial charge is 0.388 e. The first-order valence-electron chi connectivity index (χ1n) is 6.62. The smallest absolute Gasteiger partial charge is 0.185 e. The van der Waals surface area contributed by atoms with Crippen molar-refractivity contribution in [3.63, 3.8) is 0 Å². The molecular formula is C13H22N2OS. The number of anilines is 1. The highest BCUT2D eigenvalue weighted by molar-refractivity contribution is 7.15. The van der Waals surface area contributed by atoms with Gasteiger partial charge in [0.05, 0.1) is 11.0 Å². The molecule has 0 saturated carbocycles. The summed E-state index contributed by atoms with van der Waals surface area (Å²) in [5.41, 5.74) is 0. The van der Waals surface area contributed by atoms with Gasteiger partial charge in [0.25, 0.3) is 0 Å². The van der Waals surface area contributed by atoms with Crippen LogP contribution in [0.25, 0.3) is 0 Å². The standard InChI is InChI=1S/C13H22N2OS/c1-3-11-7-5-4-6-8-15(11)13-14-9-12(17-13)10(2)16/h9-11,16H,3-8H2,1-2H3. The molecule has 2 atom stereocenters. The lowest BCUT2D eigenvalue weighted by atomic mass is 10.1. The van der Waals surface area contributed by atoms with E-state index in [0.29, 0.717) is 6.04 Å². The Balaban J connectivity index is 2.16. The van der Waals surface area contributed by atoms with E-state index in [1.165, 1.54) is 32.1 Å². The van der Waals surface area contributed by atoms with Gasteiger partial charge in [-0.05, 0) is 26.2 Å². The molecule has 96 valence electrons. The van der Waals surface area contributed by atoms with Crippen LogP contribution in [-0.2, 0) is 0 Å². The average Bonchev–Trinajstić information content (AvgIpc) is 2.68. The zero-order valence-corrected chi connectivity index (χ0v) is 11.5. The van der Waals surface area contributed by atoms with Crippen LogP contribution in [0.3, 0.4) is 0 Å². The number of nitrogens with zero attached hydrogens (tertiary/aromatic N) is 2. The van der Waals surface area contributed by atoms with Crippen molar-refractivity contribution in [3.05, 3.63) is 11.1 Å². The van der Waals surface area contributed by atoms with Crippen LogP contribution in [0, 0.1) is 0 Å². The highest BCUT2D eigenvalue weighted by Crippen LogP contribution is 2.31. The van der Waals surface area contributed by atoms with Gasteiger partial charge in [0.2, 0.25) is 0 Å². The summed E-state index contributed by atoms with van der Waals surface area (Å²) >= 11 is 1.64. The second-order valence-corrected chi connectivity index (χ2v) is 5.87. The van der Waals surface area contributed by atoms with Crippen molar-refractivity contribution in [2.75, 3.05) is 11.4 Å². The van der Waals surface area contributed by atoms with Crippen molar-refractivity contribution in [1.82, 2.24) is 4.98 Å². The van der Waals surface area contributed by atoms with E-state index in [9.17, 15) is 5.11 Å². The molecule has 0 spiro atoms. The Morgan fingerprint density at radius 3 is 3.00 bits per heavy atom. The van der Waals surface area contributed by atoms with Crippen molar-refractivity contribution in [1.29, 1.82) is 0 Å². The Bertz CT molecular complexity index is 351. The van der Waals surface area contributed by atoms with Crippen LogP contribution in [0.1, 0.15) is 56.9 Å². The summed E-state index contributed by atoms with van der Waals surface area (Å²) in [7, 11) is 0. The van der Waals surface area contributed by atoms with Crippen molar-refractivity contribution in [3.8, 4) is 0 Å². The average molecular weight is 254 g/mol. The van der Waals surface area contributed by atoms with E-state index < -0.39 is 6.10 Å².